The second kappa shape index (κ2) is 3.97. The highest BCUT2D eigenvalue weighted by atomic mass is 15.1. The molecule has 1 radical (unpaired) electrons. The topological polar surface area (TPSA) is 3.24 Å². The lowest BCUT2D eigenvalue weighted by Crippen LogP contribution is -2.21. The van der Waals surface area contributed by atoms with Gasteiger partial charge in [0.15, 0.2) is 0 Å². The van der Waals surface area contributed by atoms with Crippen LogP contribution in [-0.2, 0) is 0 Å². The lowest BCUT2D eigenvalue weighted by Gasteiger charge is -2.23. The van der Waals surface area contributed by atoms with E-state index in [9.17, 15) is 0 Å². The number of nitrogens with zero attached hydrogens (tertiary/aromatic N) is 1. The molecule has 0 N–H and O–H groups in total. The minimum absolute atomic E-state index is 1.22. The second-order valence-electron chi connectivity index (χ2n) is 3.55. The zero-order valence-corrected chi connectivity index (χ0v) is 7.19. The fraction of sp³-hybridized carbons (Fsp3) is 0.889. The maximum Gasteiger partial charge on any atom is 0.00377 e. The SMILES string of the molecule is CN(C)C[C]1CCCCC1. The Morgan fingerprint density at radius 2 is 1.70 bits per heavy atom. The summed E-state index contributed by atoms with van der Waals surface area (Å²) in [7, 11) is 4.31. The normalized spacial score (nSPS) is 21.9. The molecule has 0 amide bonds. The van der Waals surface area contributed by atoms with E-state index >= 15 is 0 Å². The van der Waals surface area contributed by atoms with Crippen LogP contribution in [-0.4, -0.2) is 25.5 Å². The lowest BCUT2D eigenvalue weighted by molar-refractivity contribution is 0.378. The zero-order valence-electron chi connectivity index (χ0n) is 7.19. The Morgan fingerprint density at radius 3 is 2.20 bits per heavy atom. The Balaban J connectivity index is 2.13. The molecule has 1 rings (SSSR count). The third kappa shape index (κ3) is 2.70. The molecule has 0 unspecified atom stereocenters. The lowest BCUT2D eigenvalue weighted by atomic mass is 9.89. The molecule has 0 aliphatic heterocycles. The summed E-state index contributed by atoms with van der Waals surface area (Å²) in [6.07, 6.45) is 7.10. The predicted octanol–water partition coefficient (Wildman–Crippen LogP) is 2.09. The predicted molar refractivity (Wildman–Crippen MR) is 44.9 cm³/mol. The van der Waals surface area contributed by atoms with E-state index in [-0.39, 0.29) is 0 Å². The van der Waals surface area contributed by atoms with Gasteiger partial charge in [0.25, 0.3) is 0 Å². The van der Waals surface area contributed by atoms with Crippen LogP contribution in [0.1, 0.15) is 32.1 Å². The summed E-state index contributed by atoms with van der Waals surface area (Å²) in [4.78, 5) is 2.28. The van der Waals surface area contributed by atoms with E-state index in [0.29, 0.717) is 0 Å². The standard InChI is InChI=1S/C9H18N/c1-10(2)8-9-6-4-3-5-7-9/h3-8H2,1-2H3. The van der Waals surface area contributed by atoms with Gasteiger partial charge in [-0.3, -0.25) is 0 Å². The molecule has 0 bridgehead atoms. The van der Waals surface area contributed by atoms with Crippen molar-refractivity contribution >= 4 is 0 Å². The minimum atomic E-state index is 1.22. The molecule has 0 spiro atoms. The highest BCUT2D eigenvalue weighted by Gasteiger charge is 2.13. The minimum Gasteiger partial charge on any atom is -0.309 e. The molecule has 0 heterocycles. The fourth-order valence-corrected chi connectivity index (χ4v) is 1.66. The van der Waals surface area contributed by atoms with Crippen molar-refractivity contribution < 1.29 is 0 Å². The van der Waals surface area contributed by atoms with Gasteiger partial charge in [-0.15, -0.1) is 0 Å². The average Bonchev–Trinajstić information content (AvgIpc) is 1.88. The maximum absolute atomic E-state index is 2.28. The molecule has 0 aromatic carbocycles. The van der Waals surface area contributed by atoms with Gasteiger partial charge >= 0.3 is 0 Å². The fourth-order valence-electron chi connectivity index (χ4n) is 1.66. The molecule has 0 atom stereocenters. The van der Waals surface area contributed by atoms with Gasteiger partial charge in [0.1, 0.15) is 0 Å². The smallest absolute Gasteiger partial charge is 0.00377 e. The van der Waals surface area contributed by atoms with Gasteiger partial charge in [-0.2, -0.15) is 0 Å². The molecular weight excluding hydrogens is 122 g/mol. The van der Waals surface area contributed by atoms with Crippen LogP contribution in [0.2, 0.25) is 0 Å². The van der Waals surface area contributed by atoms with Crippen molar-refractivity contribution in [3.63, 3.8) is 0 Å². The first-order valence-electron chi connectivity index (χ1n) is 4.27. The van der Waals surface area contributed by atoms with E-state index < -0.39 is 0 Å². The summed E-state index contributed by atoms with van der Waals surface area (Å²) < 4.78 is 0. The summed E-state index contributed by atoms with van der Waals surface area (Å²) in [5.41, 5.74) is 0. The van der Waals surface area contributed by atoms with Crippen LogP contribution in [0.5, 0.6) is 0 Å². The summed E-state index contributed by atoms with van der Waals surface area (Å²) in [6, 6.07) is 0. The van der Waals surface area contributed by atoms with Crippen LogP contribution in [0.15, 0.2) is 0 Å². The van der Waals surface area contributed by atoms with E-state index in [1.807, 2.05) is 0 Å². The Morgan fingerprint density at radius 1 is 1.10 bits per heavy atom. The van der Waals surface area contributed by atoms with Crippen LogP contribution in [0.25, 0.3) is 0 Å². The first-order chi connectivity index (χ1) is 4.79. The molecule has 59 valence electrons. The van der Waals surface area contributed by atoms with Gasteiger partial charge in [-0.05, 0) is 32.9 Å². The van der Waals surface area contributed by atoms with Gasteiger partial charge in [0.2, 0.25) is 0 Å². The van der Waals surface area contributed by atoms with Gasteiger partial charge in [-0.25, -0.2) is 0 Å². The highest BCUT2D eigenvalue weighted by Crippen LogP contribution is 2.25. The van der Waals surface area contributed by atoms with Crippen molar-refractivity contribution in [1.29, 1.82) is 0 Å². The Kier molecular flexibility index (Phi) is 3.20. The summed E-state index contributed by atoms with van der Waals surface area (Å²) in [5, 5.41) is 0. The molecule has 0 aromatic heterocycles. The van der Waals surface area contributed by atoms with Crippen molar-refractivity contribution in [2.45, 2.75) is 32.1 Å². The first-order valence-corrected chi connectivity index (χ1v) is 4.27. The first kappa shape index (κ1) is 8.06. The highest BCUT2D eigenvalue weighted by molar-refractivity contribution is 4.94. The van der Waals surface area contributed by atoms with E-state index in [4.69, 9.17) is 0 Å². The van der Waals surface area contributed by atoms with Crippen molar-refractivity contribution in [2.24, 2.45) is 0 Å². The molecule has 1 heteroatoms. The van der Waals surface area contributed by atoms with Crippen LogP contribution >= 0.6 is 0 Å². The number of rotatable bonds is 2. The van der Waals surface area contributed by atoms with Crippen LogP contribution in [0.4, 0.5) is 0 Å². The summed E-state index contributed by atoms with van der Waals surface area (Å²) in [5.74, 6) is 1.76. The van der Waals surface area contributed by atoms with Crippen molar-refractivity contribution in [2.75, 3.05) is 20.6 Å². The Bertz CT molecular complexity index is 82.7. The number of hydrogen-bond acceptors (Lipinski definition) is 1. The molecule has 1 fully saturated rings. The van der Waals surface area contributed by atoms with Crippen LogP contribution in [0.3, 0.4) is 0 Å². The third-order valence-corrected chi connectivity index (χ3v) is 2.10. The van der Waals surface area contributed by atoms with Crippen molar-refractivity contribution in [3.8, 4) is 0 Å². The second-order valence-corrected chi connectivity index (χ2v) is 3.55. The zero-order chi connectivity index (χ0) is 7.40. The van der Waals surface area contributed by atoms with E-state index in [2.05, 4.69) is 19.0 Å². The molecule has 0 aromatic rings. The molecule has 0 saturated heterocycles. The van der Waals surface area contributed by atoms with E-state index in [1.165, 1.54) is 38.6 Å². The Labute approximate surface area is 64.4 Å². The quantitative estimate of drug-likeness (QED) is 0.567. The monoisotopic (exact) mass is 140 g/mol. The maximum atomic E-state index is 2.28. The average molecular weight is 140 g/mol. The van der Waals surface area contributed by atoms with Crippen LogP contribution < -0.4 is 0 Å². The van der Waals surface area contributed by atoms with Gasteiger partial charge in [0.05, 0.1) is 0 Å². The molecular formula is C9H18N. The molecule has 1 saturated carbocycles. The third-order valence-electron chi connectivity index (χ3n) is 2.10. The van der Waals surface area contributed by atoms with Crippen molar-refractivity contribution in [1.82, 2.24) is 4.90 Å². The van der Waals surface area contributed by atoms with E-state index in [1.54, 1.807) is 5.92 Å². The van der Waals surface area contributed by atoms with Gasteiger partial charge in [-0.1, -0.05) is 19.3 Å². The molecule has 10 heavy (non-hydrogen) atoms. The largest absolute Gasteiger partial charge is 0.309 e. The number of hydrogen-bond donors (Lipinski definition) is 0. The molecule has 1 aliphatic carbocycles. The summed E-state index contributed by atoms with van der Waals surface area (Å²) >= 11 is 0. The summed E-state index contributed by atoms with van der Waals surface area (Å²) in [6.45, 7) is 1.22. The van der Waals surface area contributed by atoms with Gasteiger partial charge < -0.3 is 4.90 Å². The molecule has 1 aliphatic rings. The van der Waals surface area contributed by atoms with Gasteiger partial charge in [0, 0.05) is 6.54 Å². The molecule has 1 nitrogen and oxygen atoms in total. The Hall–Kier alpha value is -0.0400. The van der Waals surface area contributed by atoms with Crippen molar-refractivity contribution in [3.05, 3.63) is 5.92 Å². The van der Waals surface area contributed by atoms with Crippen LogP contribution in [0, 0.1) is 5.92 Å². The van der Waals surface area contributed by atoms with E-state index in [0.717, 1.165) is 0 Å².